The van der Waals surface area contributed by atoms with Crippen LogP contribution < -0.4 is 4.74 Å². The Morgan fingerprint density at radius 3 is 2.75 bits per heavy atom. The smallest absolute Gasteiger partial charge is 0.290 e. The molecule has 2 nitrogen and oxygen atoms in total. The van der Waals surface area contributed by atoms with E-state index in [0.29, 0.717) is 16.8 Å². The van der Waals surface area contributed by atoms with E-state index in [2.05, 4.69) is 20.9 Å². The van der Waals surface area contributed by atoms with Crippen molar-refractivity contribution in [1.29, 1.82) is 0 Å². The van der Waals surface area contributed by atoms with Crippen LogP contribution in [-0.4, -0.2) is 18.7 Å². The van der Waals surface area contributed by atoms with Gasteiger partial charge in [-0.2, -0.15) is 0 Å². The lowest BCUT2D eigenvalue weighted by Gasteiger charge is -2.06. The number of hydrogen-bond acceptors (Lipinski definition) is 2. The zero-order valence-corrected chi connectivity index (χ0v) is 10.7. The Hall–Kier alpha value is -0.680. The average molecular weight is 313 g/mol. The summed E-state index contributed by atoms with van der Waals surface area (Å²) in [5.74, 6) is 0.640. The van der Waals surface area contributed by atoms with Gasteiger partial charge in [0.05, 0.1) is 12.8 Å². The van der Waals surface area contributed by atoms with Gasteiger partial charge in [0.25, 0.3) is 6.43 Å². The van der Waals surface area contributed by atoms with Crippen LogP contribution >= 0.6 is 27.5 Å². The third-order valence-electron chi connectivity index (χ3n) is 1.84. The van der Waals surface area contributed by atoms with Crippen molar-refractivity contribution in [2.45, 2.75) is 11.8 Å². The molecule has 1 rings (SSSR count). The van der Waals surface area contributed by atoms with Gasteiger partial charge < -0.3 is 4.74 Å². The summed E-state index contributed by atoms with van der Waals surface area (Å²) in [5.41, 5.74) is 1.14. The molecule has 0 bridgehead atoms. The van der Waals surface area contributed by atoms with Gasteiger partial charge in [0, 0.05) is 5.33 Å². The standard InChI is InChI=1S/C10H9BrClF2NO/c1-16-7-2-3-8(6(4-7)5-11)15-9(12)10(13)14/h2-4,10H,5H2,1H3. The molecule has 0 heterocycles. The normalized spacial score (nSPS) is 12.0. The minimum Gasteiger partial charge on any atom is -0.497 e. The highest BCUT2D eigenvalue weighted by Gasteiger charge is 2.11. The molecule has 0 saturated carbocycles. The molecule has 0 spiro atoms. The molecule has 0 atom stereocenters. The summed E-state index contributed by atoms with van der Waals surface area (Å²) in [7, 11) is 1.53. The van der Waals surface area contributed by atoms with Crippen molar-refractivity contribution in [3.05, 3.63) is 23.8 Å². The Labute approximate surface area is 105 Å². The highest BCUT2D eigenvalue weighted by molar-refractivity contribution is 9.08. The van der Waals surface area contributed by atoms with Gasteiger partial charge in [-0.1, -0.05) is 27.5 Å². The molecule has 88 valence electrons. The minimum absolute atomic E-state index is 0.406. The number of methoxy groups -OCH3 is 1. The van der Waals surface area contributed by atoms with Crippen LogP contribution in [0.15, 0.2) is 23.2 Å². The van der Waals surface area contributed by atoms with Gasteiger partial charge >= 0.3 is 0 Å². The van der Waals surface area contributed by atoms with Crippen LogP contribution in [0.25, 0.3) is 0 Å². The maximum Gasteiger partial charge on any atom is 0.290 e. The van der Waals surface area contributed by atoms with Crippen molar-refractivity contribution in [2.75, 3.05) is 7.11 Å². The summed E-state index contributed by atoms with van der Waals surface area (Å²) >= 11 is 8.55. The second-order valence-electron chi connectivity index (χ2n) is 2.86. The number of hydrogen-bond donors (Lipinski definition) is 0. The fourth-order valence-electron chi connectivity index (χ4n) is 1.07. The number of benzene rings is 1. The number of halogens is 4. The Morgan fingerprint density at radius 2 is 2.25 bits per heavy atom. The maximum absolute atomic E-state index is 12.2. The van der Waals surface area contributed by atoms with Gasteiger partial charge in [0.1, 0.15) is 5.75 Å². The first kappa shape index (κ1) is 13.4. The molecule has 1 aromatic carbocycles. The number of rotatable bonds is 4. The quantitative estimate of drug-likeness (QED) is 0.605. The van der Waals surface area contributed by atoms with Gasteiger partial charge in [-0.3, -0.25) is 0 Å². The molecular weight excluding hydrogens is 303 g/mol. The van der Waals surface area contributed by atoms with E-state index in [1.807, 2.05) is 0 Å². The molecular formula is C10H9BrClF2NO. The Balaban J connectivity index is 3.09. The first-order valence-corrected chi connectivity index (χ1v) is 5.83. The van der Waals surface area contributed by atoms with E-state index < -0.39 is 11.6 Å². The van der Waals surface area contributed by atoms with Crippen LogP contribution in [0.3, 0.4) is 0 Å². The largest absolute Gasteiger partial charge is 0.497 e. The summed E-state index contributed by atoms with van der Waals surface area (Å²) < 4.78 is 29.4. The van der Waals surface area contributed by atoms with E-state index in [4.69, 9.17) is 16.3 Å². The van der Waals surface area contributed by atoms with E-state index >= 15 is 0 Å². The first-order chi connectivity index (χ1) is 7.58. The second kappa shape index (κ2) is 6.15. The highest BCUT2D eigenvalue weighted by atomic mass is 79.9. The van der Waals surface area contributed by atoms with Gasteiger partial charge in [-0.15, -0.1) is 0 Å². The lowest BCUT2D eigenvalue weighted by Crippen LogP contribution is -2.01. The molecule has 0 aliphatic rings. The molecule has 16 heavy (non-hydrogen) atoms. The van der Waals surface area contributed by atoms with Crippen molar-refractivity contribution < 1.29 is 13.5 Å². The van der Waals surface area contributed by atoms with E-state index in [1.54, 1.807) is 18.2 Å². The predicted octanol–water partition coefficient (Wildman–Crippen LogP) is 4.12. The molecule has 0 radical (unpaired) electrons. The Kier molecular flexibility index (Phi) is 5.15. The third kappa shape index (κ3) is 3.42. The fraction of sp³-hybridized carbons (Fsp3) is 0.300. The predicted molar refractivity (Wildman–Crippen MR) is 64.6 cm³/mol. The number of nitrogens with zero attached hydrogens (tertiary/aromatic N) is 1. The number of aliphatic imine (C=N–C) groups is 1. The molecule has 0 aliphatic heterocycles. The van der Waals surface area contributed by atoms with E-state index in [0.717, 1.165) is 5.56 Å². The van der Waals surface area contributed by atoms with Crippen molar-refractivity contribution in [1.82, 2.24) is 0 Å². The van der Waals surface area contributed by atoms with Gasteiger partial charge in [-0.05, 0) is 23.8 Å². The van der Waals surface area contributed by atoms with E-state index in [9.17, 15) is 8.78 Å². The van der Waals surface area contributed by atoms with Crippen LogP contribution in [-0.2, 0) is 5.33 Å². The lowest BCUT2D eigenvalue weighted by atomic mass is 10.2. The first-order valence-electron chi connectivity index (χ1n) is 4.33. The summed E-state index contributed by atoms with van der Waals surface area (Å²) in [6, 6.07) is 4.93. The molecule has 0 saturated heterocycles. The monoisotopic (exact) mass is 311 g/mol. The lowest BCUT2D eigenvalue weighted by molar-refractivity contribution is 0.229. The maximum atomic E-state index is 12.2. The zero-order chi connectivity index (χ0) is 12.1. The van der Waals surface area contributed by atoms with Crippen molar-refractivity contribution >= 4 is 38.4 Å². The SMILES string of the molecule is COc1ccc(N=C(Cl)C(F)F)c(CBr)c1. The molecule has 1 aromatic rings. The Morgan fingerprint density at radius 1 is 1.56 bits per heavy atom. The fourth-order valence-corrected chi connectivity index (χ4v) is 1.61. The summed E-state index contributed by atoms with van der Waals surface area (Å²) in [5, 5.41) is -0.233. The van der Waals surface area contributed by atoms with Crippen LogP contribution in [0, 0.1) is 0 Å². The van der Waals surface area contributed by atoms with Gasteiger partial charge in [-0.25, -0.2) is 13.8 Å². The van der Waals surface area contributed by atoms with Crippen LogP contribution in [0.1, 0.15) is 5.56 Å². The topological polar surface area (TPSA) is 21.6 Å². The van der Waals surface area contributed by atoms with Gasteiger partial charge in [0.15, 0.2) is 5.17 Å². The van der Waals surface area contributed by atoms with Gasteiger partial charge in [0.2, 0.25) is 0 Å². The molecule has 0 N–H and O–H groups in total. The number of alkyl halides is 3. The van der Waals surface area contributed by atoms with Crippen LogP contribution in [0.4, 0.5) is 14.5 Å². The van der Waals surface area contributed by atoms with E-state index in [1.165, 1.54) is 7.11 Å². The second-order valence-corrected chi connectivity index (χ2v) is 3.81. The molecule has 0 unspecified atom stereocenters. The van der Waals surface area contributed by atoms with Crippen LogP contribution in [0.2, 0.25) is 0 Å². The summed E-state index contributed by atoms with van der Waals surface area (Å²) in [6.45, 7) is 0. The number of ether oxygens (including phenoxy) is 1. The average Bonchev–Trinajstić information content (AvgIpc) is 2.29. The Bertz CT molecular complexity index is 398. The molecule has 0 aromatic heterocycles. The summed E-state index contributed by atoms with van der Waals surface area (Å²) in [4.78, 5) is 3.65. The minimum atomic E-state index is -2.76. The highest BCUT2D eigenvalue weighted by Crippen LogP contribution is 2.27. The molecule has 0 aliphatic carbocycles. The zero-order valence-electron chi connectivity index (χ0n) is 8.38. The van der Waals surface area contributed by atoms with E-state index in [-0.39, 0.29) is 0 Å². The summed E-state index contributed by atoms with van der Waals surface area (Å²) in [6.07, 6.45) is -2.76. The van der Waals surface area contributed by atoms with Crippen molar-refractivity contribution in [3.63, 3.8) is 0 Å². The van der Waals surface area contributed by atoms with Crippen LogP contribution in [0.5, 0.6) is 5.75 Å². The molecule has 6 heteroatoms. The van der Waals surface area contributed by atoms with Crippen molar-refractivity contribution in [3.8, 4) is 5.75 Å². The third-order valence-corrected chi connectivity index (χ3v) is 2.69. The molecule has 0 fully saturated rings. The molecule has 0 amide bonds. The van der Waals surface area contributed by atoms with Crippen molar-refractivity contribution in [2.24, 2.45) is 4.99 Å².